The van der Waals surface area contributed by atoms with Crippen LogP contribution in [0.1, 0.15) is 111 Å². The van der Waals surface area contributed by atoms with Crippen molar-refractivity contribution in [2.75, 3.05) is 0 Å². The highest BCUT2D eigenvalue weighted by molar-refractivity contribution is 6.17. The fraction of sp³-hybridized carbons (Fsp3) is 0.0889. The van der Waals surface area contributed by atoms with Crippen molar-refractivity contribution in [1.82, 2.24) is 48.2 Å². The summed E-state index contributed by atoms with van der Waals surface area (Å²) in [6, 6.07) is 155. The van der Waals surface area contributed by atoms with Crippen LogP contribution in [0.4, 0.5) is 5.69 Å². The van der Waals surface area contributed by atoms with Gasteiger partial charge in [-0.2, -0.15) is 10.5 Å². The molecule has 0 unspecified atom stereocenters. The van der Waals surface area contributed by atoms with Gasteiger partial charge in [-0.15, -0.1) is 0 Å². The van der Waals surface area contributed by atoms with E-state index < -0.39 is 0 Å². The minimum absolute atomic E-state index is 0.0452. The number of rotatable bonds is 9. The van der Waals surface area contributed by atoms with Crippen LogP contribution in [0.25, 0.3) is 217 Å². The second-order valence-electron chi connectivity index (χ2n) is 41.0. The lowest BCUT2D eigenvalue weighted by Crippen LogP contribution is -2.26. The topological polar surface area (TPSA) is 149 Å². The number of hydrogen-bond donors (Lipinski definition) is 0. The first kappa shape index (κ1) is 89.0. The summed E-state index contributed by atoms with van der Waals surface area (Å²) in [6.45, 7) is 25.9. The zero-order valence-corrected chi connectivity index (χ0v) is 82.8. The lowest BCUT2D eigenvalue weighted by molar-refractivity contribution is 0.630. The first-order valence-corrected chi connectivity index (χ1v) is 50.3. The van der Waals surface area contributed by atoms with Gasteiger partial charge in [0, 0.05) is 98.1 Å². The zero-order chi connectivity index (χ0) is 100. The summed E-state index contributed by atoms with van der Waals surface area (Å²) in [6.07, 6.45) is 0. The Hall–Kier alpha value is -19.1. The molecular formula is C135H95N13. The summed E-state index contributed by atoms with van der Waals surface area (Å²) < 4.78 is 9.73. The minimum Gasteiger partial charge on any atom is -0.309 e. The van der Waals surface area contributed by atoms with E-state index in [9.17, 15) is 5.26 Å². The highest BCUT2D eigenvalue weighted by Crippen LogP contribution is 2.55. The van der Waals surface area contributed by atoms with Gasteiger partial charge in [0.2, 0.25) is 0 Å². The zero-order valence-electron chi connectivity index (χ0n) is 82.8. The summed E-state index contributed by atoms with van der Waals surface area (Å²) >= 11 is 0. The fourth-order valence-electron chi connectivity index (χ4n) is 23.6. The van der Waals surface area contributed by atoms with Crippen molar-refractivity contribution in [2.24, 2.45) is 0 Å². The predicted molar refractivity (Wildman–Crippen MR) is 603 cm³/mol. The Bertz CT molecular complexity index is 9790. The van der Waals surface area contributed by atoms with Crippen molar-refractivity contribution < 1.29 is 0 Å². The Kier molecular flexibility index (Phi) is 20.8. The van der Waals surface area contributed by atoms with E-state index in [1.165, 1.54) is 160 Å². The van der Waals surface area contributed by atoms with Gasteiger partial charge in [-0.3, -0.25) is 0 Å². The second-order valence-corrected chi connectivity index (χ2v) is 41.0. The Balaban J connectivity index is 0.000000100. The molecule has 700 valence electrons. The number of hydrogen-bond acceptors (Lipinski definition) is 8. The van der Waals surface area contributed by atoms with E-state index in [-0.39, 0.29) is 21.7 Å². The van der Waals surface area contributed by atoms with Crippen molar-refractivity contribution in [2.45, 2.75) is 77.0 Å². The maximum Gasteiger partial charge on any atom is 0.187 e. The second kappa shape index (κ2) is 34.6. The molecule has 13 heteroatoms. The molecule has 0 atom stereocenters. The molecule has 0 fully saturated rings. The van der Waals surface area contributed by atoms with Crippen molar-refractivity contribution >= 4 is 92.9 Å². The smallest absolute Gasteiger partial charge is 0.187 e. The maximum atomic E-state index is 9.22. The molecule has 25 aromatic rings. The van der Waals surface area contributed by atoms with E-state index >= 15 is 0 Å². The molecule has 0 saturated heterocycles. The Morgan fingerprint density at radius 2 is 0.459 bits per heavy atom. The summed E-state index contributed by atoms with van der Waals surface area (Å²) in [5.41, 5.74) is 39.6. The van der Waals surface area contributed by atoms with Crippen molar-refractivity contribution in [1.29, 1.82) is 10.5 Å². The molecule has 4 aliphatic heterocycles. The molecule has 0 amide bonds. The largest absolute Gasteiger partial charge is 0.309 e. The third kappa shape index (κ3) is 14.3. The van der Waals surface area contributed by atoms with Gasteiger partial charge in [-0.1, -0.05) is 365 Å². The van der Waals surface area contributed by atoms with E-state index in [2.05, 4.69) is 351 Å². The van der Waals surface area contributed by atoms with Crippen LogP contribution in [-0.4, -0.2) is 48.2 Å². The number of para-hydroxylation sites is 7. The van der Waals surface area contributed by atoms with E-state index in [1.807, 2.05) is 170 Å². The highest BCUT2D eigenvalue weighted by atomic mass is 15.1. The lowest BCUT2D eigenvalue weighted by Gasteiger charge is -2.35. The van der Waals surface area contributed by atoms with Crippen LogP contribution in [0.5, 0.6) is 0 Å². The number of fused-ring (bicyclic) bond motifs is 20. The SMILES string of the molecule is CC1(C)c2ccccc2-n2c3ccc(-c4ccc(C#N)cc4)cc3c3cccc1c32.CC1(C)c2ccccc2-n2c3ccc(-c4nc(-c5ccccc5)nc(-c5ccccc5)n4)cc3c3cccc1c32.CC1(C)c2ccccc2-n2c3ccccc3c3cc(-c4nc(-c5ccccc5)nc(-c5ccccc5)n4)cc1c32.[C-]#[N+]c1ccc(-c2cc3c4c(c2)c2cc(-c5ccc(C#N)cc5)ccc2n4-c2ccccc2C3(C)C)cc1. The molecule has 10 heterocycles. The van der Waals surface area contributed by atoms with Crippen LogP contribution >= 0.6 is 0 Å². The van der Waals surface area contributed by atoms with E-state index in [1.54, 1.807) is 0 Å². The minimum atomic E-state index is -0.202. The van der Waals surface area contributed by atoms with Gasteiger partial charge in [0.15, 0.2) is 40.6 Å². The van der Waals surface area contributed by atoms with Crippen LogP contribution in [-0.2, 0) is 21.7 Å². The number of benzene rings is 19. The quantitative estimate of drug-likeness (QED) is 0.130. The lowest BCUT2D eigenvalue weighted by atomic mass is 9.74. The average Bonchev–Trinajstić information content (AvgIpc) is 1.53. The van der Waals surface area contributed by atoms with E-state index in [4.69, 9.17) is 41.7 Å². The van der Waals surface area contributed by atoms with Gasteiger partial charge < -0.3 is 18.3 Å². The molecular weight excluding hydrogens is 1800 g/mol. The van der Waals surface area contributed by atoms with Crippen LogP contribution < -0.4 is 0 Å². The Labute approximate surface area is 857 Å². The molecule has 0 saturated carbocycles. The number of nitrogens with zero attached hydrogens (tertiary/aromatic N) is 13. The van der Waals surface area contributed by atoms with Crippen LogP contribution in [0.15, 0.2) is 431 Å². The maximum absolute atomic E-state index is 9.22. The molecule has 148 heavy (non-hydrogen) atoms. The fourth-order valence-corrected chi connectivity index (χ4v) is 23.6. The third-order valence-corrected chi connectivity index (χ3v) is 31.1. The molecule has 13 nitrogen and oxygen atoms in total. The van der Waals surface area contributed by atoms with Crippen molar-refractivity contribution in [3.05, 3.63) is 498 Å². The summed E-state index contributed by atoms with van der Waals surface area (Å²) in [5.74, 6) is 4.03. The predicted octanol–water partition coefficient (Wildman–Crippen LogP) is 33.4. The van der Waals surface area contributed by atoms with E-state index in [0.717, 1.165) is 61.2 Å². The molecule has 6 aromatic heterocycles. The van der Waals surface area contributed by atoms with E-state index in [0.29, 0.717) is 51.8 Å². The summed E-state index contributed by atoms with van der Waals surface area (Å²) in [4.78, 5) is 33.4. The monoisotopic (exact) mass is 1900 g/mol. The Morgan fingerprint density at radius 1 is 0.203 bits per heavy atom. The van der Waals surface area contributed by atoms with Crippen molar-refractivity contribution in [3.63, 3.8) is 0 Å². The van der Waals surface area contributed by atoms with Gasteiger partial charge in [-0.25, -0.2) is 34.7 Å². The highest BCUT2D eigenvalue weighted by Gasteiger charge is 2.41. The molecule has 0 spiro atoms. The number of aromatic nitrogens is 10. The first-order valence-electron chi connectivity index (χ1n) is 50.3. The normalized spacial score (nSPS) is 13.5. The molecule has 0 bridgehead atoms. The van der Waals surface area contributed by atoms with Crippen LogP contribution in [0.2, 0.25) is 0 Å². The molecule has 0 aliphatic carbocycles. The number of nitriles is 2. The van der Waals surface area contributed by atoms with Crippen LogP contribution in [0, 0.1) is 29.2 Å². The molecule has 0 radical (unpaired) electrons. The van der Waals surface area contributed by atoms with Gasteiger partial charge in [0.25, 0.3) is 0 Å². The van der Waals surface area contributed by atoms with Gasteiger partial charge in [0.1, 0.15) is 0 Å². The van der Waals surface area contributed by atoms with Crippen LogP contribution in [0.3, 0.4) is 0 Å². The van der Waals surface area contributed by atoms with Gasteiger partial charge >= 0.3 is 0 Å². The summed E-state index contributed by atoms with van der Waals surface area (Å²) in [5, 5.41) is 28.2. The first-order chi connectivity index (χ1) is 72.3. The Morgan fingerprint density at radius 3 is 0.845 bits per heavy atom. The average molecular weight is 1900 g/mol. The molecule has 29 rings (SSSR count). The molecule has 0 N–H and O–H groups in total. The summed E-state index contributed by atoms with van der Waals surface area (Å²) in [7, 11) is 0. The molecule has 19 aromatic carbocycles. The molecule has 4 aliphatic rings. The van der Waals surface area contributed by atoms with Gasteiger partial charge in [0.05, 0.1) is 96.7 Å². The standard InChI is InChI=1S/2C36H26N4.C35H23N3.C28H20N2/c1-36(2)28-18-10-12-20-31(28)40-30-19-11-9-17-26(30)27-21-25(22-29(36)32(27)40)35-38-33(23-13-5-3-6-14-23)37-34(39-35)24-15-7-4-8-16-24;1-36(2)28-17-9-10-19-31(28)40-30-21-20-25(22-27(30)26-16-11-18-29(36)32(26)40)35-38-33(23-12-5-3-6-13-23)37-34(39-35)24-14-7-4-8-15-24;1-35(2)30-6-4-5-7-33(30)38-32-17-14-25(23-10-8-22(21-36)9-11-23)18-28(32)29-19-26(20-31(35)34(29)38)24-12-15-27(37-3)16-13-24;1-28(2)23-7-3-4-9-26(23)30-25-15-14-20(19-12-10-18(17-29)11-13-19)16-22(25)21-6-5-8-24(28)27(21)30/h2*3-22H,1-2H3;4-20H,1-2H3;3-16H,1-2H3. The third-order valence-electron chi connectivity index (χ3n) is 31.1. The van der Waals surface area contributed by atoms with Gasteiger partial charge in [-0.05, 0) is 199 Å². The van der Waals surface area contributed by atoms with Crippen molar-refractivity contribution in [3.8, 4) is 137 Å².